The SMILES string of the molecule is COC(=O)c1nnc(Cl)cc1Nc1ccc2c(c1)CN(C(=O)OC(C)(C)C)C2. The summed E-state index contributed by atoms with van der Waals surface area (Å²) in [7, 11) is 1.27. The second kappa shape index (κ2) is 7.63. The van der Waals surface area contributed by atoms with E-state index < -0.39 is 11.6 Å². The minimum absolute atomic E-state index is 0.0304. The number of benzene rings is 1. The number of ether oxygens (including phenoxy) is 2. The topological polar surface area (TPSA) is 93.6 Å². The third kappa shape index (κ3) is 4.51. The van der Waals surface area contributed by atoms with Crippen molar-refractivity contribution >= 4 is 35.0 Å². The highest BCUT2D eigenvalue weighted by atomic mass is 35.5. The molecule has 1 N–H and O–H groups in total. The Hall–Kier alpha value is -2.87. The number of amides is 1. The van der Waals surface area contributed by atoms with E-state index in [0.29, 0.717) is 18.8 Å². The number of esters is 1. The van der Waals surface area contributed by atoms with Crippen molar-refractivity contribution in [3.63, 3.8) is 0 Å². The van der Waals surface area contributed by atoms with Crippen molar-refractivity contribution in [2.75, 3.05) is 12.4 Å². The minimum Gasteiger partial charge on any atom is -0.464 e. The van der Waals surface area contributed by atoms with Gasteiger partial charge in [0, 0.05) is 24.8 Å². The first-order valence-corrected chi connectivity index (χ1v) is 9.02. The van der Waals surface area contributed by atoms with Crippen LogP contribution < -0.4 is 5.32 Å². The van der Waals surface area contributed by atoms with Crippen LogP contribution in [0, 0.1) is 0 Å². The van der Waals surface area contributed by atoms with Crippen molar-refractivity contribution in [3.8, 4) is 0 Å². The number of hydrogen-bond donors (Lipinski definition) is 1. The molecule has 0 saturated carbocycles. The number of nitrogens with one attached hydrogen (secondary N) is 1. The van der Waals surface area contributed by atoms with Crippen molar-refractivity contribution < 1.29 is 19.1 Å². The van der Waals surface area contributed by atoms with Crippen molar-refractivity contribution in [3.05, 3.63) is 46.2 Å². The Balaban J connectivity index is 1.79. The van der Waals surface area contributed by atoms with Gasteiger partial charge in [-0.1, -0.05) is 17.7 Å². The fourth-order valence-corrected chi connectivity index (χ4v) is 2.94. The molecule has 1 aromatic carbocycles. The Bertz CT molecular complexity index is 927. The van der Waals surface area contributed by atoms with Crippen LogP contribution in [0.4, 0.5) is 16.2 Å². The van der Waals surface area contributed by atoms with Gasteiger partial charge in [-0.05, 0) is 44.0 Å². The lowest BCUT2D eigenvalue weighted by Gasteiger charge is -2.24. The highest BCUT2D eigenvalue weighted by Crippen LogP contribution is 2.29. The predicted octanol–water partition coefficient (Wildman–Crippen LogP) is 3.91. The molecule has 0 spiro atoms. The maximum Gasteiger partial charge on any atom is 0.410 e. The summed E-state index contributed by atoms with van der Waals surface area (Å²) < 4.78 is 10.2. The number of fused-ring (bicyclic) bond motifs is 1. The van der Waals surface area contributed by atoms with E-state index in [1.165, 1.54) is 13.2 Å². The minimum atomic E-state index is -0.621. The molecule has 1 aliphatic heterocycles. The molecule has 0 atom stereocenters. The Morgan fingerprint density at radius 3 is 2.54 bits per heavy atom. The number of hydrogen-bond acceptors (Lipinski definition) is 7. The summed E-state index contributed by atoms with van der Waals surface area (Å²) in [5.41, 5.74) is 2.62. The highest BCUT2D eigenvalue weighted by molar-refractivity contribution is 6.29. The molecule has 1 aliphatic rings. The standard InChI is InChI=1S/C19H21ClN4O4/c1-19(2,3)28-18(26)24-9-11-5-6-13(7-12(11)10-24)21-14-8-15(20)22-23-16(14)17(25)27-4/h5-8H,9-10H2,1-4H3,(H,21,22). The first-order chi connectivity index (χ1) is 13.2. The second-order valence-electron chi connectivity index (χ2n) is 7.37. The molecule has 1 aromatic heterocycles. The molecule has 9 heteroatoms. The van der Waals surface area contributed by atoms with Crippen LogP contribution in [0.3, 0.4) is 0 Å². The van der Waals surface area contributed by atoms with E-state index in [-0.39, 0.29) is 16.9 Å². The van der Waals surface area contributed by atoms with Crippen molar-refractivity contribution in [2.24, 2.45) is 0 Å². The summed E-state index contributed by atoms with van der Waals surface area (Å²) in [6, 6.07) is 7.19. The van der Waals surface area contributed by atoms with Gasteiger partial charge in [-0.3, -0.25) is 4.90 Å². The van der Waals surface area contributed by atoms with Gasteiger partial charge in [0.1, 0.15) is 5.60 Å². The average molecular weight is 405 g/mol. The number of rotatable bonds is 3. The summed E-state index contributed by atoms with van der Waals surface area (Å²) in [6.07, 6.45) is -0.351. The van der Waals surface area contributed by atoms with Gasteiger partial charge in [0.15, 0.2) is 10.8 Å². The van der Waals surface area contributed by atoms with E-state index in [2.05, 4.69) is 15.5 Å². The zero-order chi connectivity index (χ0) is 20.5. The van der Waals surface area contributed by atoms with E-state index in [0.717, 1.165) is 16.8 Å². The maximum absolute atomic E-state index is 12.3. The van der Waals surface area contributed by atoms with Crippen LogP contribution in [0.2, 0.25) is 5.15 Å². The quantitative estimate of drug-likeness (QED) is 0.775. The number of aromatic nitrogens is 2. The largest absolute Gasteiger partial charge is 0.464 e. The van der Waals surface area contributed by atoms with E-state index in [1.807, 2.05) is 39.0 Å². The fraction of sp³-hybridized carbons (Fsp3) is 0.368. The first-order valence-electron chi connectivity index (χ1n) is 8.64. The van der Waals surface area contributed by atoms with Crippen LogP contribution >= 0.6 is 11.6 Å². The van der Waals surface area contributed by atoms with Crippen molar-refractivity contribution in [1.29, 1.82) is 0 Å². The van der Waals surface area contributed by atoms with Crippen LogP contribution in [0.5, 0.6) is 0 Å². The highest BCUT2D eigenvalue weighted by Gasteiger charge is 2.28. The third-order valence-corrected chi connectivity index (χ3v) is 4.19. The number of carbonyl (C=O) groups is 2. The number of halogens is 1. The number of methoxy groups -OCH3 is 1. The molecule has 1 amide bonds. The fourth-order valence-electron chi connectivity index (χ4n) is 2.79. The molecule has 0 bridgehead atoms. The summed E-state index contributed by atoms with van der Waals surface area (Å²) in [4.78, 5) is 25.8. The number of carbonyl (C=O) groups excluding carboxylic acids is 2. The summed E-state index contributed by atoms with van der Waals surface area (Å²) in [5.74, 6) is -0.621. The van der Waals surface area contributed by atoms with Gasteiger partial charge in [-0.15, -0.1) is 10.2 Å². The first kappa shape index (κ1) is 19.9. The Morgan fingerprint density at radius 2 is 1.86 bits per heavy atom. The molecule has 8 nitrogen and oxygen atoms in total. The van der Waals surface area contributed by atoms with E-state index in [4.69, 9.17) is 21.1 Å². The Morgan fingerprint density at radius 1 is 1.14 bits per heavy atom. The van der Waals surface area contributed by atoms with Crippen LogP contribution in [0.25, 0.3) is 0 Å². The number of nitrogens with zero attached hydrogens (tertiary/aromatic N) is 3. The summed E-state index contributed by atoms with van der Waals surface area (Å²) in [6.45, 7) is 6.44. The molecule has 0 fully saturated rings. The van der Waals surface area contributed by atoms with Crippen molar-refractivity contribution in [1.82, 2.24) is 15.1 Å². The molecule has 0 saturated heterocycles. The monoisotopic (exact) mass is 404 g/mol. The molecule has 2 heterocycles. The summed E-state index contributed by atoms with van der Waals surface area (Å²) in [5, 5.41) is 10.7. The maximum atomic E-state index is 12.3. The van der Waals surface area contributed by atoms with E-state index in [1.54, 1.807) is 4.90 Å². The van der Waals surface area contributed by atoms with Crippen LogP contribution in [0.15, 0.2) is 24.3 Å². The molecular weight excluding hydrogens is 384 g/mol. The number of anilines is 2. The lowest BCUT2D eigenvalue weighted by molar-refractivity contribution is 0.0241. The molecule has 148 valence electrons. The Labute approximate surface area is 167 Å². The molecule has 28 heavy (non-hydrogen) atoms. The van der Waals surface area contributed by atoms with E-state index in [9.17, 15) is 9.59 Å². The lowest BCUT2D eigenvalue weighted by atomic mass is 10.1. The Kier molecular flexibility index (Phi) is 5.42. The van der Waals surface area contributed by atoms with Crippen molar-refractivity contribution in [2.45, 2.75) is 39.5 Å². The van der Waals surface area contributed by atoms with Crippen LogP contribution in [-0.2, 0) is 22.6 Å². The molecule has 3 rings (SSSR count). The predicted molar refractivity (Wildman–Crippen MR) is 104 cm³/mol. The summed E-state index contributed by atoms with van der Waals surface area (Å²) >= 11 is 5.91. The van der Waals surface area contributed by atoms with Gasteiger partial charge in [-0.25, -0.2) is 9.59 Å². The van der Waals surface area contributed by atoms with Gasteiger partial charge in [-0.2, -0.15) is 0 Å². The molecule has 0 aliphatic carbocycles. The lowest BCUT2D eigenvalue weighted by Crippen LogP contribution is -2.33. The zero-order valence-corrected chi connectivity index (χ0v) is 16.8. The second-order valence-corrected chi connectivity index (χ2v) is 7.75. The molecule has 0 unspecified atom stereocenters. The van der Waals surface area contributed by atoms with Gasteiger partial charge in [0.2, 0.25) is 0 Å². The average Bonchev–Trinajstić information content (AvgIpc) is 3.03. The van der Waals surface area contributed by atoms with Gasteiger partial charge < -0.3 is 14.8 Å². The normalized spacial score (nSPS) is 13.1. The van der Waals surface area contributed by atoms with Gasteiger partial charge in [0.05, 0.1) is 12.8 Å². The smallest absolute Gasteiger partial charge is 0.410 e. The van der Waals surface area contributed by atoms with E-state index >= 15 is 0 Å². The van der Waals surface area contributed by atoms with Gasteiger partial charge >= 0.3 is 12.1 Å². The zero-order valence-electron chi connectivity index (χ0n) is 16.1. The van der Waals surface area contributed by atoms with Gasteiger partial charge in [0.25, 0.3) is 0 Å². The molecule has 0 radical (unpaired) electrons. The molecular formula is C19H21ClN4O4. The molecule has 2 aromatic rings. The van der Waals surface area contributed by atoms with Crippen LogP contribution in [0.1, 0.15) is 42.4 Å². The van der Waals surface area contributed by atoms with Crippen LogP contribution in [-0.4, -0.2) is 39.9 Å². The third-order valence-electron chi connectivity index (χ3n) is 4.00.